The van der Waals surface area contributed by atoms with Crippen LogP contribution in [-0.4, -0.2) is 21.3 Å². The molecule has 1 heterocycles. The fraction of sp³-hybridized carbons (Fsp3) is 0.118. The summed E-state index contributed by atoms with van der Waals surface area (Å²) >= 11 is 6.07. The van der Waals surface area contributed by atoms with E-state index in [1.165, 1.54) is 0 Å². The fourth-order valence-corrected chi connectivity index (χ4v) is 2.64. The van der Waals surface area contributed by atoms with E-state index in [1.54, 1.807) is 10.7 Å². The van der Waals surface area contributed by atoms with Crippen LogP contribution in [0.2, 0.25) is 5.02 Å². The maximum Gasteiger partial charge on any atom is 0.172 e. The van der Waals surface area contributed by atoms with Gasteiger partial charge in [0.15, 0.2) is 12.0 Å². The number of nitrogens with zero attached hydrogens (tertiary/aromatic N) is 3. The van der Waals surface area contributed by atoms with Gasteiger partial charge in [0.25, 0.3) is 0 Å². The van der Waals surface area contributed by atoms with Crippen molar-refractivity contribution in [1.29, 1.82) is 0 Å². The maximum atomic E-state index is 11.3. The Balaban J connectivity index is 2.14. The molecule has 0 fully saturated rings. The molecule has 0 aliphatic rings. The Morgan fingerprint density at radius 2 is 1.91 bits per heavy atom. The molecule has 5 heteroatoms. The summed E-state index contributed by atoms with van der Waals surface area (Å²) in [6, 6.07) is 17.3. The molecule has 4 nitrogen and oxygen atoms in total. The minimum atomic E-state index is -0.0450. The lowest BCUT2D eigenvalue weighted by molar-refractivity contribution is 0.111. The smallest absolute Gasteiger partial charge is 0.172 e. The molecule has 3 rings (SSSR count). The van der Waals surface area contributed by atoms with Gasteiger partial charge < -0.3 is 0 Å². The number of carbonyl (C=O) groups is 1. The topological polar surface area (TPSA) is 47.8 Å². The molecule has 2 aromatic carbocycles. The van der Waals surface area contributed by atoms with Gasteiger partial charge >= 0.3 is 0 Å². The molecule has 0 aliphatic heterocycles. The Kier molecular flexibility index (Phi) is 4.02. The molecule has 0 amide bonds. The highest BCUT2D eigenvalue weighted by Crippen LogP contribution is 2.28. The number of carbonyl (C=O) groups excluding carboxylic acids is 1. The molecule has 1 aromatic heterocycles. The van der Waals surface area contributed by atoms with Crippen molar-refractivity contribution in [3.05, 3.63) is 70.9 Å². The predicted octanol–water partition coefficient (Wildman–Crippen LogP) is 4.02. The monoisotopic (exact) mass is 311 g/mol. The van der Waals surface area contributed by atoms with Gasteiger partial charge in [0, 0.05) is 10.6 Å². The number of aromatic nitrogens is 3. The van der Waals surface area contributed by atoms with E-state index in [0.29, 0.717) is 16.4 Å². The largest absolute Gasteiger partial charge is 0.296 e. The SMILES string of the molecule is CC(c1ccccc1)n1nnc(C=O)c1-c1cccc(Cl)c1. The van der Waals surface area contributed by atoms with Crippen LogP contribution in [0.1, 0.15) is 29.0 Å². The lowest BCUT2D eigenvalue weighted by Gasteiger charge is -2.15. The number of benzene rings is 2. The zero-order valence-electron chi connectivity index (χ0n) is 12.0. The quantitative estimate of drug-likeness (QED) is 0.684. The average molecular weight is 312 g/mol. The van der Waals surface area contributed by atoms with Gasteiger partial charge in [-0.3, -0.25) is 4.79 Å². The molecule has 0 spiro atoms. The summed E-state index contributed by atoms with van der Waals surface area (Å²) in [5, 5.41) is 8.76. The van der Waals surface area contributed by atoms with E-state index >= 15 is 0 Å². The van der Waals surface area contributed by atoms with Gasteiger partial charge in [0.1, 0.15) is 5.69 Å². The Hall–Kier alpha value is -2.46. The second kappa shape index (κ2) is 6.12. The molecular formula is C17H14ClN3O. The highest BCUT2D eigenvalue weighted by atomic mass is 35.5. The van der Waals surface area contributed by atoms with Crippen LogP contribution in [0.5, 0.6) is 0 Å². The lowest BCUT2D eigenvalue weighted by atomic mass is 10.1. The zero-order valence-corrected chi connectivity index (χ0v) is 12.7. The van der Waals surface area contributed by atoms with Gasteiger partial charge in [-0.1, -0.05) is 59.3 Å². The molecule has 22 heavy (non-hydrogen) atoms. The summed E-state index contributed by atoms with van der Waals surface area (Å²) in [4.78, 5) is 11.3. The van der Waals surface area contributed by atoms with E-state index in [9.17, 15) is 4.79 Å². The van der Waals surface area contributed by atoms with Crippen LogP contribution in [0, 0.1) is 0 Å². The molecule has 0 N–H and O–H groups in total. The van der Waals surface area contributed by atoms with Crippen molar-refractivity contribution in [1.82, 2.24) is 15.0 Å². The first-order chi connectivity index (χ1) is 10.7. The zero-order chi connectivity index (χ0) is 15.5. The average Bonchev–Trinajstić information content (AvgIpc) is 2.99. The molecule has 110 valence electrons. The normalized spacial score (nSPS) is 12.1. The van der Waals surface area contributed by atoms with Crippen molar-refractivity contribution in [2.45, 2.75) is 13.0 Å². The van der Waals surface area contributed by atoms with E-state index in [0.717, 1.165) is 17.4 Å². The maximum absolute atomic E-state index is 11.3. The van der Waals surface area contributed by atoms with Crippen molar-refractivity contribution >= 4 is 17.9 Å². The Morgan fingerprint density at radius 3 is 2.59 bits per heavy atom. The third-order valence-electron chi connectivity index (χ3n) is 3.58. The van der Waals surface area contributed by atoms with Crippen molar-refractivity contribution < 1.29 is 4.79 Å². The summed E-state index contributed by atoms with van der Waals surface area (Å²) in [5.74, 6) is 0. The first-order valence-corrected chi connectivity index (χ1v) is 7.29. The van der Waals surface area contributed by atoms with Crippen molar-refractivity contribution in [3.8, 4) is 11.3 Å². The van der Waals surface area contributed by atoms with E-state index < -0.39 is 0 Å². The Bertz CT molecular complexity index is 799. The summed E-state index contributed by atoms with van der Waals surface area (Å²) in [6.07, 6.45) is 0.720. The van der Waals surface area contributed by atoms with Crippen LogP contribution in [0.4, 0.5) is 0 Å². The Morgan fingerprint density at radius 1 is 1.14 bits per heavy atom. The van der Waals surface area contributed by atoms with Crippen LogP contribution in [0.25, 0.3) is 11.3 Å². The molecule has 3 aromatic rings. The summed E-state index contributed by atoms with van der Waals surface area (Å²) in [6.45, 7) is 2.02. The summed E-state index contributed by atoms with van der Waals surface area (Å²) < 4.78 is 1.75. The first-order valence-electron chi connectivity index (χ1n) is 6.92. The van der Waals surface area contributed by atoms with Gasteiger partial charge in [-0.05, 0) is 24.6 Å². The van der Waals surface area contributed by atoms with Gasteiger partial charge in [-0.2, -0.15) is 0 Å². The van der Waals surface area contributed by atoms with Gasteiger partial charge in [0.05, 0.1) is 6.04 Å². The molecular weight excluding hydrogens is 298 g/mol. The van der Waals surface area contributed by atoms with Crippen LogP contribution >= 0.6 is 11.6 Å². The van der Waals surface area contributed by atoms with Gasteiger partial charge in [-0.15, -0.1) is 5.10 Å². The number of rotatable bonds is 4. The van der Waals surface area contributed by atoms with Crippen molar-refractivity contribution in [3.63, 3.8) is 0 Å². The third-order valence-corrected chi connectivity index (χ3v) is 3.81. The number of aldehydes is 1. The molecule has 0 saturated heterocycles. The molecule has 0 radical (unpaired) electrons. The van der Waals surface area contributed by atoms with Crippen molar-refractivity contribution in [2.24, 2.45) is 0 Å². The van der Waals surface area contributed by atoms with Crippen molar-refractivity contribution in [2.75, 3.05) is 0 Å². The second-order valence-electron chi connectivity index (χ2n) is 4.98. The van der Waals surface area contributed by atoms with Gasteiger partial charge in [0.2, 0.25) is 0 Å². The molecule has 1 unspecified atom stereocenters. The van der Waals surface area contributed by atoms with E-state index in [4.69, 9.17) is 11.6 Å². The number of hydrogen-bond acceptors (Lipinski definition) is 3. The molecule has 0 aliphatic carbocycles. The first kappa shape index (κ1) is 14.5. The van der Waals surface area contributed by atoms with Crippen LogP contribution in [0.3, 0.4) is 0 Å². The van der Waals surface area contributed by atoms with Crippen LogP contribution < -0.4 is 0 Å². The molecule has 0 saturated carbocycles. The van der Waals surface area contributed by atoms with Crippen LogP contribution in [0.15, 0.2) is 54.6 Å². The van der Waals surface area contributed by atoms with Gasteiger partial charge in [-0.25, -0.2) is 4.68 Å². The second-order valence-corrected chi connectivity index (χ2v) is 5.42. The highest BCUT2D eigenvalue weighted by Gasteiger charge is 2.19. The van der Waals surface area contributed by atoms with E-state index in [1.807, 2.05) is 55.5 Å². The number of hydrogen-bond donors (Lipinski definition) is 0. The standard InChI is InChI=1S/C17H14ClN3O/c1-12(13-6-3-2-4-7-13)21-17(16(11-22)19-20-21)14-8-5-9-15(18)10-14/h2-12H,1H3. The lowest BCUT2D eigenvalue weighted by Crippen LogP contribution is -2.10. The number of halogens is 1. The van der Waals surface area contributed by atoms with Crippen LogP contribution in [-0.2, 0) is 0 Å². The Labute approximate surface area is 133 Å². The summed E-state index contributed by atoms with van der Waals surface area (Å²) in [5.41, 5.74) is 2.90. The van der Waals surface area contributed by atoms with E-state index in [-0.39, 0.29) is 6.04 Å². The molecule has 1 atom stereocenters. The third kappa shape index (κ3) is 2.65. The highest BCUT2D eigenvalue weighted by molar-refractivity contribution is 6.30. The predicted molar refractivity (Wildman–Crippen MR) is 86.1 cm³/mol. The fourth-order valence-electron chi connectivity index (χ4n) is 2.44. The minimum absolute atomic E-state index is 0.0450. The minimum Gasteiger partial charge on any atom is -0.296 e. The molecule has 0 bridgehead atoms. The summed E-state index contributed by atoms with van der Waals surface area (Å²) in [7, 11) is 0. The van der Waals surface area contributed by atoms with E-state index in [2.05, 4.69) is 10.3 Å².